The summed E-state index contributed by atoms with van der Waals surface area (Å²) >= 11 is 0. The van der Waals surface area contributed by atoms with Crippen LogP contribution in [-0.2, 0) is 0 Å². The van der Waals surface area contributed by atoms with Crippen LogP contribution in [0.4, 0.5) is 0 Å². The lowest BCUT2D eigenvalue weighted by molar-refractivity contribution is 0.539. The number of unbranched alkanes of at least 4 members (excludes halogenated alkanes) is 24. The van der Waals surface area contributed by atoms with Crippen LogP contribution in [0.5, 0.6) is 0 Å². The molecular formula is C40H84N4. The highest BCUT2D eigenvalue weighted by molar-refractivity contribution is 4.82. The second-order valence-corrected chi connectivity index (χ2v) is 13.0. The molecule has 0 aromatic carbocycles. The van der Waals surface area contributed by atoms with E-state index in [1.807, 2.05) is 0 Å². The number of nitrogens with one attached hydrogen (secondary N) is 2. The van der Waals surface area contributed by atoms with Crippen molar-refractivity contribution in [2.75, 3.05) is 39.3 Å². The summed E-state index contributed by atoms with van der Waals surface area (Å²) in [6.45, 7) is 10.2. The largest absolute Gasteiger partial charge is 0.329 e. The normalized spacial score (nSPS) is 11.5. The Hall–Kier alpha value is -0.680. The first kappa shape index (κ1) is 45.4. The maximum Gasteiger partial charge on any atom is 0.00750 e. The van der Waals surface area contributed by atoms with Crippen LogP contribution in [0.2, 0.25) is 0 Å². The van der Waals surface area contributed by atoms with Crippen LogP contribution in [0.15, 0.2) is 24.3 Å². The van der Waals surface area contributed by atoms with Crippen LogP contribution in [0, 0.1) is 0 Å². The van der Waals surface area contributed by atoms with Crippen LogP contribution in [-0.4, -0.2) is 39.3 Å². The van der Waals surface area contributed by atoms with E-state index in [-0.39, 0.29) is 0 Å². The Morgan fingerprint density at radius 1 is 0.318 bits per heavy atom. The molecule has 0 radical (unpaired) electrons. The van der Waals surface area contributed by atoms with E-state index in [0.717, 1.165) is 13.1 Å². The van der Waals surface area contributed by atoms with Crippen molar-refractivity contribution in [3.05, 3.63) is 24.3 Å². The molecule has 0 heterocycles. The summed E-state index contributed by atoms with van der Waals surface area (Å²) < 4.78 is 0. The lowest BCUT2D eigenvalue weighted by atomic mass is 10.1. The van der Waals surface area contributed by atoms with Gasteiger partial charge in [-0.15, -0.1) is 0 Å². The van der Waals surface area contributed by atoms with Crippen molar-refractivity contribution >= 4 is 0 Å². The van der Waals surface area contributed by atoms with Crippen molar-refractivity contribution in [3.63, 3.8) is 0 Å². The van der Waals surface area contributed by atoms with E-state index in [4.69, 9.17) is 11.5 Å². The van der Waals surface area contributed by atoms with Gasteiger partial charge in [0.1, 0.15) is 0 Å². The van der Waals surface area contributed by atoms with Gasteiger partial charge in [-0.1, -0.05) is 154 Å². The van der Waals surface area contributed by atoms with Crippen LogP contribution >= 0.6 is 0 Å². The Labute approximate surface area is 278 Å². The molecule has 4 nitrogen and oxygen atoms in total. The maximum absolute atomic E-state index is 5.17. The van der Waals surface area contributed by atoms with E-state index in [2.05, 4.69) is 48.8 Å². The molecular weight excluding hydrogens is 536 g/mol. The Bertz CT molecular complexity index is 476. The van der Waals surface area contributed by atoms with Crippen LogP contribution in [0.25, 0.3) is 0 Å². The Balaban J connectivity index is 0. The van der Waals surface area contributed by atoms with Gasteiger partial charge in [0.2, 0.25) is 0 Å². The fraction of sp³-hybridized carbons (Fsp3) is 0.900. The zero-order chi connectivity index (χ0) is 32.3. The molecule has 44 heavy (non-hydrogen) atoms. The quantitative estimate of drug-likeness (QED) is 0.0415. The summed E-state index contributed by atoms with van der Waals surface area (Å²) in [7, 11) is 0. The third-order valence-corrected chi connectivity index (χ3v) is 8.37. The molecule has 0 aromatic rings. The third kappa shape index (κ3) is 48.2. The molecule has 0 aliphatic carbocycles. The van der Waals surface area contributed by atoms with Gasteiger partial charge in [0, 0.05) is 26.2 Å². The Kier molecular flexibility index (Phi) is 48.3. The molecule has 264 valence electrons. The van der Waals surface area contributed by atoms with E-state index in [1.165, 1.54) is 193 Å². The molecule has 0 saturated heterocycles. The Morgan fingerprint density at radius 3 is 0.864 bits per heavy atom. The first-order valence-electron chi connectivity index (χ1n) is 19.9. The highest BCUT2D eigenvalue weighted by atomic mass is 14.9. The van der Waals surface area contributed by atoms with Gasteiger partial charge in [-0.3, -0.25) is 0 Å². The van der Waals surface area contributed by atoms with Gasteiger partial charge in [0.25, 0.3) is 0 Å². The predicted octanol–water partition coefficient (Wildman–Crippen LogP) is 11.1. The number of rotatable bonds is 36. The monoisotopic (exact) mass is 621 g/mol. The summed E-state index contributed by atoms with van der Waals surface area (Å²) in [5, 5.41) is 6.70. The number of nitrogens with two attached hydrogens (primary N) is 2. The summed E-state index contributed by atoms with van der Waals surface area (Å²) in [4.78, 5) is 0. The van der Waals surface area contributed by atoms with Crippen molar-refractivity contribution in [3.8, 4) is 0 Å². The average Bonchev–Trinajstić information content (AvgIpc) is 3.04. The van der Waals surface area contributed by atoms with E-state index >= 15 is 0 Å². The van der Waals surface area contributed by atoms with Crippen LogP contribution in [0.3, 0.4) is 0 Å². The number of hydrogen-bond acceptors (Lipinski definition) is 4. The van der Waals surface area contributed by atoms with Gasteiger partial charge >= 0.3 is 0 Å². The second kappa shape index (κ2) is 46.7. The van der Waals surface area contributed by atoms with Crippen LogP contribution in [0.1, 0.15) is 194 Å². The van der Waals surface area contributed by atoms with Gasteiger partial charge in [0.15, 0.2) is 0 Å². The minimum atomic E-state index is 0.694. The second-order valence-electron chi connectivity index (χ2n) is 13.0. The highest BCUT2D eigenvalue weighted by Crippen LogP contribution is 2.11. The Morgan fingerprint density at radius 2 is 0.568 bits per heavy atom. The van der Waals surface area contributed by atoms with Crippen molar-refractivity contribution in [1.29, 1.82) is 0 Å². The average molecular weight is 621 g/mol. The molecule has 0 bridgehead atoms. The summed E-state index contributed by atoms with van der Waals surface area (Å²) in [5.41, 5.74) is 10.3. The molecule has 6 N–H and O–H groups in total. The molecule has 0 spiro atoms. The zero-order valence-electron chi connectivity index (χ0n) is 30.5. The first-order valence-corrected chi connectivity index (χ1v) is 19.9. The van der Waals surface area contributed by atoms with E-state index in [0.29, 0.717) is 13.1 Å². The van der Waals surface area contributed by atoms with Gasteiger partial charge < -0.3 is 22.1 Å². The highest BCUT2D eigenvalue weighted by Gasteiger charge is 1.94. The molecule has 0 aliphatic rings. The lowest BCUT2D eigenvalue weighted by Crippen LogP contribution is -2.27. The van der Waals surface area contributed by atoms with E-state index in [1.54, 1.807) is 0 Å². The topological polar surface area (TPSA) is 76.1 Å². The third-order valence-electron chi connectivity index (χ3n) is 8.37. The molecule has 4 heteroatoms. The fourth-order valence-electron chi connectivity index (χ4n) is 5.45. The standard InChI is InChI=1S/C36H71N.C4H13N3/c1-3-5-7-9-11-13-15-17-19-21-23-25-27-29-31-33-35-37-36-34-32-30-28-26-24-22-20-18-16-14-12-10-8-6-4-2;5-1-3-7-4-2-6/h17-20,37H,3-16,21-36H2,1-2H3;7H,1-6H2. The summed E-state index contributed by atoms with van der Waals surface area (Å²) in [6.07, 6.45) is 48.8. The van der Waals surface area contributed by atoms with Gasteiger partial charge in [-0.25, -0.2) is 0 Å². The smallest absolute Gasteiger partial charge is 0.00750 e. The summed E-state index contributed by atoms with van der Waals surface area (Å²) in [6, 6.07) is 0. The minimum absolute atomic E-state index is 0.694. The molecule has 0 amide bonds. The van der Waals surface area contributed by atoms with Crippen molar-refractivity contribution in [2.45, 2.75) is 194 Å². The molecule has 0 atom stereocenters. The lowest BCUT2D eigenvalue weighted by Gasteiger charge is -2.05. The predicted molar refractivity (Wildman–Crippen MR) is 203 cm³/mol. The van der Waals surface area contributed by atoms with Gasteiger partial charge in [0.05, 0.1) is 0 Å². The summed E-state index contributed by atoms with van der Waals surface area (Å²) in [5.74, 6) is 0. The van der Waals surface area contributed by atoms with Crippen LogP contribution < -0.4 is 22.1 Å². The van der Waals surface area contributed by atoms with Gasteiger partial charge in [-0.2, -0.15) is 0 Å². The van der Waals surface area contributed by atoms with Crippen molar-refractivity contribution in [2.24, 2.45) is 11.5 Å². The maximum atomic E-state index is 5.17. The first-order chi connectivity index (χ1) is 21.8. The van der Waals surface area contributed by atoms with Crippen molar-refractivity contribution < 1.29 is 0 Å². The van der Waals surface area contributed by atoms with E-state index in [9.17, 15) is 0 Å². The molecule has 0 rings (SSSR count). The zero-order valence-corrected chi connectivity index (χ0v) is 30.5. The minimum Gasteiger partial charge on any atom is -0.329 e. The molecule has 0 aromatic heterocycles. The number of hydrogen-bond donors (Lipinski definition) is 4. The SMILES string of the molecule is CCCCCCCCC=CCCCCCCCCNCCCCCCCCC=CCCCCCCCC.NCCNCCN. The fourth-order valence-corrected chi connectivity index (χ4v) is 5.45. The molecule has 0 saturated carbocycles. The molecule has 0 unspecified atom stereocenters. The molecule has 0 aliphatic heterocycles. The van der Waals surface area contributed by atoms with E-state index < -0.39 is 0 Å². The van der Waals surface area contributed by atoms with Gasteiger partial charge in [-0.05, 0) is 77.3 Å². The van der Waals surface area contributed by atoms with Crippen molar-refractivity contribution in [1.82, 2.24) is 10.6 Å². The molecule has 0 fully saturated rings. The number of allylic oxidation sites excluding steroid dienone is 4.